The average Bonchev–Trinajstić information content (AvgIpc) is 2.63. The molecule has 0 aromatic carbocycles. The largest absolute Gasteiger partial charge is 0.465 e. The topological polar surface area (TPSA) is 34.4 Å². The fraction of sp³-hybridized carbons (Fsp3) is 0.636. The van der Waals surface area contributed by atoms with E-state index in [2.05, 4.69) is 5.32 Å². The third-order valence-electron chi connectivity index (χ3n) is 2.59. The number of halogens is 1. The van der Waals surface area contributed by atoms with E-state index in [1.165, 1.54) is 0 Å². The van der Waals surface area contributed by atoms with Gasteiger partial charge in [0, 0.05) is 0 Å². The van der Waals surface area contributed by atoms with Crippen LogP contribution in [0.1, 0.15) is 24.4 Å². The minimum atomic E-state index is -1.19. The molecule has 84 valence electrons. The molecule has 4 heteroatoms. The molecule has 1 aromatic rings. The van der Waals surface area contributed by atoms with Crippen LogP contribution in [0.2, 0.25) is 0 Å². The number of alkyl halides is 1. The van der Waals surface area contributed by atoms with Crippen LogP contribution in [0.5, 0.6) is 0 Å². The van der Waals surface area contributed by atoms with Crippen molar-refractivity contribution in [1.29, 1.82) is 0 Å². The highest BCUT2D eigenvalue weighted by molar-refractivity contribution is 5.05. The second-order valence-corrected chi connectivity index (χ2v) is 3.86. The van der Waals surface area contributed by atoms with Crippen molar-refractivity contribution in [2.24, 2.45) is 0 Å². The summed E-state index contributed by atoms with van der Waals surface area (Å²) in [6, 6.07) is 3.60. The molecule has 1 saturated heterocycles. The van der Waals surface area contributed by atoms with Crippen LogP contribution in [0, 0.1) is 6.92 Å². The van der Waals surface area contributed by atoms with Gasteiger partial charge in [-0.25, -0.2) is 4.39 Å². The van der Waals surface area contributed by atoms with Gasteiger partial charge in [-0.1, -0.05) is 0 Å². The van der Waals surface area contributed by atoms with Crippen molar-refractivity contribution >= 4 is 0 Å². The first-order valence-electron chi connectivity index (χ1n) is 5.30. The number of hydrogen-bond acceptors (Lipinski definition) is 3. The number of nitrogens with one attached hydrogen (secondary N) is 1. The lowest BCUT2D eigenvalue weighted by molar-refractivity contribution is -0.0899. The van der Waals surface area contributed by atoms with Crippen LogP contribution >= 0.6 is 0 Å². The third-order valence-corrected chi connectivity index (χ3v) is 2.59. The zero-order valence-corrected chi connectivity index (χ0v) is 8.83. The van der Waals surface area contributed by atoms with E-state index in [0.29, 0.717) is 13.2 Å². The van der Waals surface area contributed by atoms with Crippen LogP contribution in [0.25, 0.3) is 0 Å². The smallest absolute Gasteiger partial charge is 0.214 e. The van der Waals surface area contributed by atoms with Gasteiger partial charge in [0.25, 0.3) is 0 Å². The van der Waals surface area contributed by atoms with Crippen molar-refractivity contribution in [3.05, 3.63) is 23.7 Å². The molecule has 2 atom stereocenters. The van der Waals surface area contributed by atoms with Gasteiger partial charge in [0.05, 0.1) is 19.2 Å². The summed E-state index contributed by atoms with van der Waals surface area (Å²) < 4.78 is 23.5. The van der Waals surface area contributed by atoms with Gasteiger partial charge in [0.15, 0.2) is 0 Å². The molecule has 2 unspecified atom stereocenters. The number of aryl methyl sites for hydroxylation is 1. The van der Waals surface area contributed by atoms with E-state index in [4.69, 9.17) is 9.15 Å². The molecule has 0 aliphatic carbocycles. The SMILES string of the molecule is Cc1ccc(CNC2CCCOC2F)o1. The van der Waals surface area contributed by atoms with Crippen molar-refractivity contribution in [1.82, 2.24) is 5.32 Å². The fourth-order valence-corrected chi connectivity index (χ4v) is 1.75. The number of ether oxygens (including phenoxy) is 1. The Hall–Kier alpha value is -0.870. The fourth-order valence-electron chi connectivity index (χ4n) is 1.75. The van der Waals surface area contributed by atoms with E-state index < -0.39 is 6.36 Å². The first-order valence-corrected chi connectivity index (χ1v) is 5.30. The van der Waals surface area contributed by atoms with Crippen molar-refractivity contribution in [2.75, 3.05) is 6.61 Å². The number of rotatable bonds is 3. The lowest BCUT2D eigenvalue weighted by atomic mass is 10.1. The van der Waals surface area contributed by atoms with Crippen LogP contribution in [0.4, 0.5) is 4.39 Å². The van der Waals surface area contributed by atoms with Gasteiger partial charge in [0.1, 0.15) is 11.5 Å². The van der Waals surface area contributed by atoms with Crippen LogP contribution in [0.15, 0.2) is 16.5 Å². The molecular formula is C11H16FNO2. The lowest BCUT2D eigenvalue weighted by Gasteiger charge is -2.26. The molecule has 1 N–H and O–H groups in total. The molecule has 3 nitrogen and oxygen atoms in total. The Balaban J connectivity index is 1.81. The zero-order chi connectivity index (χ0) is 10.7. The first kappa shape index (κ1) is 10.6. The van der Waals surface area contributed by atoms with Gasteiger partial charge < -0.3 is 14.5 Å². The second kappa shape index (κ2) is 4.77. The minimum absolute atomic E-state index is 0.204. The van der Waals surface area contributed by atoms with E-state index >= 15 is 0 Å². The maximum Gasteiger partial charge on any atom is 0.214 e. The summed E-state index contributed by atoms with van der Waals surface area (Å²) in [5.41, 5.74) is 0. The summed E-state index contributed by atoms with van der Waals surface area (Å²) >= 11 is 0. The molecule has 0 spiro atoms. The molecule has 2 rings (SSSR count). The van der Waals surface area contributed by atoms with Crippen molar-refractivity contribution < 1.29 is 13.5 Å². The highest BCUT2D eigenvalue weighted by Gasteiger charge is 2.24. The Morgan fingerprint density at radius 2 is 2.40 bits per heavy atom. The van der Waals surface area contributed by atoms with E-state index in [1.807, 2.05) is 19.1 Å². The normalized spacial score (nSPS) is 26.8. The summed E-state index contributed by atoms with van der Waals surface area (Å²) in [5, 5.41) is 3.11. The second-order valence-electron chi connectivity index (χ2n) is 3.86. The van der Waals surface area contributed by atoms with Gasteiger partial charge in [-0.15, -0.1) is 0 Å². The predicted molar refractivity (Wildman–Crippen MR) is 54.2 cm³/mol. The van der Waals surface area contributed by atoms with Crippen molar-refractivity contribution in [3.8, 4) is 0 Å². The average molecular weight is 213 g/mol. The molecule has 0 amide bonds. The van der Waals surface area contributed by atoms with E-state index in [1.54, 1.807) is 0 Å². The van der Waals surface area contributed by atoms with E-state index in [9.17, 15) is 4.39 Å². The summed E-state index contributed by atoms with van der Waals surface area (Å²) in [6.07, 6.45) is 0.547. The Bertz CT molecular complexity index is 313. The molecule has 0 bridgehead atoms. The molecule has 0 radical (unpaired) electrons. The molecular weight excluding hydrogens is 197 g/mol. The van der Waals surface area contributed by atoms with Gasteiger partial charge in [-0.05, 0) is 31.9 Å². The quantitative estimate of drug-likeness (QED) is 0.835. The van der Waals surface area contributed by atoms with Crippen molar-refractivity contribution in [3.63, 3.8) is 0 Å². The Morgan fingerprint density at radius 1 is 1.53 bits per heavy atom. The van der Waals surface area contributed by atoms with Gasteiger partial charge in [0.2, 0.25) is 6.36 Å². The Morgan fingerprint density at radius 3 is 3.07 bits per heavy atom. The number of furan rings is 1. The third kappa shape index (κ3) is 2.79. The maximum absolute atomic E-state index is 13.2. The molecule has 1 aromatic heterocycles. The Kier molecular flexibility index (Phi) is 3.38. The van der Waals surface area contributed by atoms with Gasteiger partial charge in [-0.3, -0.25) is 0 Å². The first-order chi connectivity index (χ1) is 7.25. The van der Waals surface area contributed by atoms with Gasteiger partial charge >= 0.3 is 0 Å². The summed E-state index contributed by atoms with van der Waals surface area (Å²) in [4.78, 5) is 0. The van der Waals surface area contributed by atoms with Crippen LogP contribution in [-0.2, 0) is 11.3 Å². The lowest BCUT2D eigenvalue weighted by Crippen LogP contribution is -2.41. The summed E-state index contributed by atoms with van der Waals surface area (Å²) in [5.74, 6) is 1.72. The summed E-state index contributed by atoms with van der Waals surface area (Å²) in [7, 11) is 0. The standard InChI is InChI=1S/C11H16FNO2/c1-8-4-5-9(15-8)7-13-10-3-2-6-14-11(10)12/h4-5,10-11,13H,2-3,6-7H2,1H3. The summed E-state index contributed by atoms with van der Waals surface area (Å²) in [6.45, 7) is 2.98. The monoisotopic (exact) mass is 213 g/mol. The Labute approximate surface area is 88.6 Å². The highest BCUT2D eigenvalue weighted by atomic mass is 19.1. The highest BCUT2D eigenvalue weighted by Crippen LogP contribution is 2.15. The molecule has 2 heterocycles. The zero-order valence-electron chi connectivity index (χ0n) is 8.83. The molecule has 15 heavy (non-hydrogen) atoms. The van der Waals surface area contributed by atoms with E-state index in [0.717, 1.165) is 24.4 Å². The van der Waals surface area contributed by atoms with Crippen LogP contribution in [-0.4, -0.2) is 19.0 Å². The number of hydrogen-bond donors (Lipinski definition) is 1. The van der Waals surface area contributed by atoms with Crippen LogP contribution < -0.4 is 5.32 Å². The maximum atomic E-state index is 13.2. The van der Waals surface area contributed by atoms with E-state index in [-0.39, 0.29) is 6.04 Å². The van der Waals surface area contributed by atoms with Gasteiger partial charge in [-0.2, -0.15) is 0 Å². The molecule has 1 aliphatic rings. The molecule has 0 saturated carbocycles. The van der Waals surface area contributed by atoms with Crippen molar-refractivity contribution in [2.45, 2.75) is 38.7 Å². The molecule has 1 fully saturated rings. The minimum Gasteiger partial charge on any atom is -0.465 e. The predicted octanol–water partition coefficient (Wildman–Crippen LogP) is 2.15. The van der Waals surface area contributed by atoms with Crippen LogP contribution in [0.3, 0.4) is 0 Å². The molecule has 1 aliphatic heterocycles.